The van der Waals surface area contributed by atoms with Gasteiger partial charge in [0, 0.05) is 18.8 Å². The molecule has 0 N–H and O–H groups in total. The fourth-order valence-electron chi connectivity index (χ4n) is 1.22. The Balaban J connectivity index is 3.75. The molecule has 78 valence electrons. The molecule has 0 unspecified atom stereocenters. The first-order chi connectivity index (χ1) is 6.25. The molecule has 14 heavy (non-hydrogen) atoms. The monoisotopic (exact) mass is 216 g/mol. The second-order valence-corrected chi connectivity index (χ2v) is 4.59. The van der Waals surface area contributed by atoms with Gasteiger partial charge in [0.15, 0.2) is 0 Å². The van der Waals surface area contributed by atoms with Gasteiger partial charge in [-0.3, -0.25) is 9.36 Å². The van der Waals surface area contributed by atoms with E-state index in [1.165, 1.54) is 10.8 Å². The molecule has 1 aromatic rings. The fraction of sp³-hybridized carbons (Fsp3) is 0.556. The van der Waals surface area contributed by atoms with Crippen LogP contribution in [0.15, 0.2) is 15.8 Å². The first kappa shape index (κ1) is 11.0. The second kappa shape index (κ2) is 3.28. The average molecular weight is 217 g/mol. The van der Waals surface area contributed by atoms with Crippen LogP contribution in [0.2, 0.25) is 5.02 Å². The Morgan fingerprint density at radius 3 is 2.21 bits per heavy atom. The molecule has 0 aliphatic heterocycles. The minimum Gasteiger partial charge on any atom is -0.302 e. The van der Waals surface area contributed by atoms with Crippen molar-refractivity contribution in [2.45, 2.75) is 26.3 Å². The Morgan fingerprint density at radius 1 is 1.29 bits per heavy atom. The van der Waals surface area contributed by atoms with Crippen LogP contribution in [0, 0.1) is 0 Å². The zero-order chi connectivity index (χ0) is 11.1. The summed E-state index contributed by atoms with van der Waals surface area (Å²) in [6.45, 7) is 5.35. The highest BCUT2D eigenvalue weighted by Gasteiger charge is 2.20. The van der Waals surface area contributed by atoms with E-state index in [0.29, 0.717) is 0 Å². The minimum atomic E-state index is -0.559. The van der Waals surface area contributed by atoms with Crippen molar-refractivity contribution in [1.29, 1.82) is 0 Å². The van der Waals surface area contributed by atoms with Gasteiger partial charge < -0.3 is 4.57 Å². The van der Waals surface area contributed by atoms with E-state index >= 15 is 0 Å². The number of halogens is 1. The highest BCUT2D eigenvalue weighted by molar-refractivity contribution is 6.30. The highest BCUT2D eigenvalue weighted by Crippen LogP contribution is 2.08. The summed E-state index contributed by atoms with van der Waals surface area (Å²) in [6, 6.07) is 0. The normalized spacial score (nSPS) is 11.8. The second-order valence-electron chi connectivity index (χ2n) is 4.18. The Bertz CT molecular complexity index is 431. The van der Waals surface area contributed by atoms with Crippen LogP contribution < -0.4 is 11.2 Å². The summed E-state index contributed by atoms with van der Waals surface area (Å²) >= 11 is 5.70. The Labute approximate surface area is 86.7 Å². The van der Waals surface area contributed by atoms with E-state index in [1.54, 1.807) is 27.8 Å². The van der Waals surface area contributed by atoms with Crippen molar-refractivity contribution in [1.82, 2.24) is 9.13 Å². The van der Waals surface area contributed by atoms with Crippen LogP contribution in [0.25, 0.3) is 0 Å². The Hall–Kier alpha value is -1.03. The summed E-state index contributed by atoms with van der Waals surface area (Å²) < 4.78 is 2.45. The fourth-order valence-corrected chi connectivity index (χ4v) is 1.45. The van der Waals surface area contributed by atoms with E-state index in [9.17, 15) is 9.59 Å². The predicted molar refractivity (Wildman–Crippen MR) is 55.9 cm³/mol. The average Bonchev–Trinajstić information content (AvgIpc) is 1.98. The molecule has 1 aromatic heterocycles. The molecule has 0 aromatic carbocycles. The van der Waals surface area contributed by atoms with Gasteiger partial charge in [-0.2, -0.15) is 0 Å². The molecule has 0 amide bonds. The summed E-state index contributed by atoms with van der Waals surface area (Å²) in [6.07, 6.45) is 1.33. The summed E-state index contributed by atoms with van der Waals surface area (Å²) in [5.41, 5.74) is -1.36. The zero-order valence-corrected chi connectivity index (χ0v) is 9.42. The van der Waals surface area contributed by atoms with Crippen LogP contribution in [0.5, 0.6) is 0 Å². The van der Waals surface area contributed by atoms with E-state index in [2.05, 4.69) is 0 Å². The first-order valence-electron chi connectivity index (χ1n) is 4.24. The quantitative estimate of drug-likeness (QED) is 0.648. The van der Waals surface area contributed by atoms with Gasteiger partial charge in [0.25, 0.3) is 5.56 Å². The number of hydrogen-bond donors (Lipinski definition) is 0. The van der Waals surface area contributed by atoms with E-state index < -0.39 is 11.1 Å². The lowest BCUT2D eigenvalue weighted by molar-refractivity contribution is 0.358. The topological polar surface area (TPSA) is 44.0 Å². The molecule has 0 saturated carbocycles. The molecular weight excluding hydrogens is 204 g/mol. The van der Waals surface area contributed by atoms with Gasteiger partial charge in [-0.1, -0.05) is 11.6 Å². The van der Waals surface area contributed by atoms with Crippen molar-refractivity contribution >= 4 is 11.6 Å². The third-order valence-electron chi connectivity index (χ3n) is 1.88. The molecule has 0 radical (unpaired) electrons. The lowest BCUT2D eigenvalue weighted by atomic mass is 10.1. The van der Waals surface area contributed by atoms with Crippen molar-refractivity contribution < 1.29 is 0 Å². The maximum absolute atomic E-state index is 11.7. The van der Waals surface area contributed by atoms with E-state index in [1.807, 2.05) is 0 Å². The largest absolute Gasteiger partial charge is 0.331 e. The molecule has 5 heteroatoms. The van der Waals surface area contributed by atoms with E-state index in [0.717, 1.165) is 4.57 Å². The highest BCUT2D eigenvalue weighted by atomic mass is 35.5. The van der Waals surface area contributed by atoms with Crippen molar-refractivity contribution in [3.8, 4) is 0 Å². The molecule has 0 bridgehead atoms. The SMILES string of the molecule is Cn1cc(Cl)c(=O)n(C(C)(C)C)c1=O. The van der Waals surface area contributed by atoms with E-state index in [-0.39, 0.29) is 10.7 Å². The molecule has 4 nitrogen and oxygen atoms in total. The predicted octanol–water partition coefficient (Wildman–Crippen LogP) is 0.955. The van der Waals surface area contributed by atoms with Crippen molar-refractivity contribution in [3.05, 3.63) is 32.1 Å². The van der Waals surface area contributed by atoms with Gasteiger partial charge in [-0.15, -0.1) is 0 Å². The first-order valence-corrected chi connectivity index (χ1v) is 4.61. The lowest BCUT2D eigenvalue weighted by Gasteiger charge is -2.21. The van der Waals surface area contributed by atoms with Gasteiger partial charge in [0.05, 0.1) is 0 Å². The number of aryl methyl sites for hydroxylation is 1. The van der Waals surface area contributed by atoms with Crippen LogP contribution in [0.4, 0.5) is 0 Å². The molecule has 1 rings (SSSR count). The number of nitrogens with zero attached hydrogens (tertiary/aromatic N) is 2. The van der Waals surface area contributed by atoms with Crippen LogP contribution in [0.3, 0.4) is 0 Å². The van der Waals surface area contributed by atoms with Crippen LogP contribution >= 0.6 is 11.6 Å². The van der Waals surface area contributed by atoms with E-state index in [4.69, 9.17) is 11.6 Å². The van der Waals surface area contributed by atoms with Crippen LogP contribution in [0.1, 0.15) is 20.8 Å². The third-order valence-corrected chi connectivity index (χ3v) is 2.14. The summed E-state index contributed by atoms with van der Waals surface area (Å²) in [7, 11) is 1.57. The smallest absolute Gasteiger partial charge is 0.302 e. The number of rotatable bonds is 0. The van der Waals surface area contributed by atoms with Gasteiger partial charge in [-0.05, 0) is 20.8 Å². The Morgan fingerprint density at radius 2 is 1.79 bits per heavy atom. The summed E-state index contributed by atoms with van der Waals surface area (Å²) in [5.74, 6) is 0. The van der Waals surface area contributed by atoms with Crippen LogP contribution in [-0.2, 0) is 12.6 Å². The summed E-state index contributed by atoms with van der Waals surface area (Å²) in [5, 5.41) is 0.0574. The third kappa shape index (κ3) is 1.75. The van der Waals surface area contributed by atoms with Crippen molar-refractivity contribution in [2.24, 2.45) is 7.05 Å². The molecule has 0 spiro atoms. The maximum Gasteiger partial charge on any atom is 0.331 e. The number of aromatic nitrogens is 2. The molecular formula is C9H13ClN2O2. The molecule has 0 saturated heterocycles. The Kier molecular flexibility index (Phi) is 2.58. The van der Waals surface area contributed by atoms with Crippen molar-refractivity contribution in [3.63, 3.8) is 0 Å². The molecule has 0 fully saturated rings. The molecule has 0 atom stereocenters. The standard InChI is InChI=1S/C9H13ClN2O2/c1-9(2,3)12-7(13)6(10)5-11(4)8(12)14/h5H,1-4H3. The van der Waals surface area contributed by atoms with Gasteiger partial charge in [0.1, 0.15) is 5.02 Å². The molecule has 0 aliphatic rings. The minimum absolute atomic E-state index is 0.0574. The zero-order valence-electron chi connectivity index (χ0n) is 8.67. The van der Waals surface area contributed by atoms with Gasteiger partial charge in [0.2, 0.25) is 0 Å². The molecule has 0 aliphatic carbocycles. The molecule has 1 heterocycles. The summed E-state index contributed by atoms with van der Waals surface area (Å²) in [4.78, 5) is 23.3. The number of hydrogen-bond acceptors (Lipinski definition) is 2. The maximum atomic E-state index is 11.7. The lowest BCUT2D eigenvalue weighted by Crippen LogP contribution is -2.47. The van der Waals surface area contributed by atoms with Gasteiger partial charge >= 0.3 is 5.69 Å². The van der Waals surface area contributed by atoms with Gasteiger partial charge in [-0.25, -0.2) is 4.79 Å². The van der Waals surface area contributed by atoms with Crippen LogP contribution in [-0.4, -0.2) is 9.13 Å². The van der Waals surface area contributed by atoms with Crippen molar-refractivity contribution in [2.75, 3.05) is 0 Å².